The quantitative estimate of drug-likeness (QED) is 0.819. The van der Waals surface area contributed by atoms with Crippen LogP contribution in [0, 0.1) is 18.7 Å². The Morgan fingerprint density at radius 2 is 2.16 bits per heavy atom. The van der Waals surface area contributed by atoms with Gasteiger partial charge in [0.25, 0.3) is 0 Å². The molecule has 1 aliphatic rings. The molecule has 0 bridgehead atoms. The van der Waals surface area contributed by atoms with Crippen LogP contribution in [0.5, 0.6) is 0 Å². The minimum absolute atomic E-state index is 0.166. The summed E-state index contributed by atoms with van der Waals surface area (Å²) in [7, 11) is 0. The van der Waals surface area contributed by atoms with E-state index in [1.165, 1.54) is 18.4 Å². The normalized spacial score (nSPS) is 16.9. The molecular weight excluding hydrogens is 239 g/mol. The fourth-order valence-electron chi connectivity index (χ4n) is 2.78. The third-order valence-corrected chi connectivity index (χ3v) is 3.96. The van der Waals surface area contributed by atoms with Crippen molar-refractivity contribution < 1.29 is 4.39 Å². The molecule has 1 saturated carbocycles. The van der Waals surface area contributed by atoms with Crippen molar-refractivity contribution in [1.29, 1.82) is 0 Å². The maximum atomic E-state index is 13.2. The third kappa shape index (κ3) is 3.77. The van der Waals surface area contributed by atoms with Crippen LogP contribution < -0.4 is 5.73 Å². The van der Waals surface area contributed by atoms with Crippen LogP contribution in [0.2, 0.25) is 0 Å². The van der Waals surface area contributed by atoms with Gasteiger partial charge in [0.15, 0.2) is 0 Å². The number of nitrogens with zero attached hydrogens (tertiary/aromatic N) is 1. The van der Waals surface area contributed by atoms with Crippen molar-refractivity contribution >= 4 is 0 Å². The lowest BCUT2D eigenvalue weighted by Gasteiger charge is -2.32. The van der Waals surface area contributed by atoms with Gasteiger partial charge in [-0.1, -0.05) is 13.0 Å². The molecule has 19 heavy (non-hydrogen) atoms. The van der Waals surface area contributed by atoms with E-state index in [-0.39, 0.29) is 11.9 Å². The Kier molecular flexibility index (Phi) is 4.94. The highest BCUT2D eigenvalue weighted by Gasteiger charge is 2.28. The lowest BCUT2D eigenvalue weighted by molar-refractivity contribution is 0.192. The zero-order valence-corrected chi connectivity index (χ0v) is 12.0. The van der Waals surface area contributed by atoms with E-state index in [1.807, 2.05) is 13.0 Å². The molecule has 1 aromatic carbocycles. The second-order valence-corrected chi connectivity index (χ2v) is 5.69. The summed E-state index contributed by atoms with van der Waals surface area (Å²) in [4.78, 5) is 2.48. The summed E-state index contributed by atoms with van der Waals surface area (Å²) in [6.07, 6.45) is 3.82. The first-order chi connectivity index (χ1) is 9.15. The second-order valence-electron chi connectivity index (χ2n) is 5.69. The predicted molar refractivity (Wildman–Crippen MR) is 77.5 cm³/mol. The molecule has 2 N–H and O–H groups in total. The number of nitrogens with two attached hydrogens (primary N) is 1. The largest absolute Gasteiger partial charge is 0.329 e. The summed E-state index contributed by atoms with van der Waals surface area (Å²) in [5, 5.41) is 0. The average Bonchev–Trinajstić information content (AvgIpc) is 3.17. The fourth-order valence-corrected chi connectivity index (χ4v) is 2.78. The standard InChI is InChI=1S/C16H25FN2/c1-3-8-19(11-13-4-5-13)16(10-18)15-7-6-14(17)9-12(15)2/h6-7,9,13,16H,3-5,8,10-11,18H2,1-2H3. The van der Waals surface area contributed by atoms with Crippen molar-refractivity contribution in [3.8, 4) is 0 Å². The maximum absolute atomic E-state index is 13.2. The van der Waals surface area contributed by atoms with Crippen molar-refractivity contribution in [1.82, 2.24) is 4.90 Å². The van der Waals surface area contributed by atoms with Crippen LogP contribution in [0.1, 0.15) is 43.4 Å². The van der Waals surface area contributed by atoms with E-state index in [0.29, 0.717) is 6.54 Å². The van der Waals surface area contributed by atoms with Gasteiger partial charge in [-0.2, -0.15) is 0 Å². The van der Waals surface area contributed by atoms with Crippen molar-refractivity contribution in [2.75, 3.05) is 19.6 Å². The Hall–Kier alpha value is -0.930. The van der Waals surface area contributed by atoms with Gasteiger partial charge >= 0.3 is 0 Å². The van der Waals surface area contributed by atoms with E-state index >= 15 is 0 Å². The van der Waals surface area contributed by atoms with Crippen LogP contribution >= 0.6 is 0 Å². The van der Waals surface area contributed by atoms with E-state index in [1.54, 1.807) is 12.1 Å². The average molecular weight is 264 g/mol. The molecule has 0 spiro atoms. The monoisotopic (exact) mass is 264 g/mol. The Bertz CT molecular complexity index is 415. The summed E-state index contributed by atoms with van der Waals surface area (Å²) in [6.45, 7) is 6.97. The molecule has 0 heterocycles. The van der Waals surface area contributed by atoms with Gasteiger partial charge < -0.3 is 5.73 Å². The Balaban J connectivity index is 2.19. The number of hydrogen-bond donors (Lipinski definition) is 1. The lowest BCUT2D eigenvalue weighted by Crippen LogP contribution is -2.36. The number of benzene rings is 1. The van der Waals surface area contributed by atoms with Gasteiger partial charge in [0, 0.05) is 19.1 Å². The molecule has 0 radical (unpaired) electrons. The first-order valence-electron chi connectivity index (χ1n) is 7.35. The molecule has 0 saturated heterocycles. The minimum atomic E-state index is -0.166. The van der Waals surface area contributed by atoms with Crippen LogP contribution in [-0.4, -0.2) is 24.5 Å². The van der Waals surface area contributed by atoms with Crippen molar-refractivity contribution in [2.24, 2.45) is 11.7 Å². The summed E-state index contributed by atoms with van der Waals surface area (Å²) in [5.41, 5.74) is 8.19. The molecule has 0 amide bonds. The van der Waals surface area contributed by atoms with E-state index in [9.17, 15) is 4.39 Å². The van der Waals surface area contributed by atoms with E-state index in [2.05, 4.69) is 11.8 Å². The van der Waals surface area contributed by atoms with Crippen LogP contribution in [-0.2, 0) is 0 Å². The van der Waals surface area contributed by atoms with Crippen LogP contribution in [0.4, 0.5) is 4.39 Å². The molecule has 2 nitrogen and oxygen atoms in total. The number of aryl methyl sites for hydroxylation is 1. The zero-order valence-electron chi connectivity index (χ0n) is 12.0. The SMILES string of the molecule is CCCN(CC1CC1)C(CN)c1ccc(F)cc1C. The summed E-state index contributed by atoms with van der Waals surface area (Å²) < 4.78 is 13.2. The van der Waals surface area contributed by atoms with E-state index in [0.717, 1.165) is 31.0 Å². The molecule has 0 aromatic heterocycles. The maximum Gasteiger partial charge on any atom is 0.123 e. The summed E-state index contributed by atoms with van der Waals surface area (Å²) >= 11 is 0. The third-order valence-electron chi connectivity index (χ3n) is 3.96. The molecule has 1 atom stereocenters. The Labute approximate surface area is 115 Å². The van der Waals surface area contributed by atoms with Crippen molar-refractivity contribution in [2.45, 2.75) is 39.2 Å². The van der Waals surface area contributed by atoms with Crippen LogP contribution in [0.3, 0.4) is 0 Å². The van der Waals surface area contributed by atoms with Crippen LogP contribution in [0.25, 0.3) is 0 Å². The van der Waals surface area contributed by atoms with Crippen molar-refractivity contribution in [3.05, 3.63) is 35.1 Å². The number of hydrogen-bond acceptors (Lipinski definition) is 2. The van der Waals surface area contributed by atoms with Gasteiger partial charge in [-0.3, -0.25) is 4.90 Å². The second kappa shape index (κ2) is 6.49. The van der Waals surface area contributed by atoms with Crippen LogP contribution in [0.15, 0.2) is 18.2 Å². The fraction of sp³-hybridized carbons (Fsp3) is 0.625. The highest BCUT2D eigenvalue weighted by molar-refractivity contribution is 5.30. The van der Waals surface area contributed by atoms with Crippen molar-refractivity contribution in [3.63, 3.8) is 0 Å². The Morgan fingerprint density at radius 3 is 2.68 bits per heavy atom. The zero-order chi connectivity index (χ0) is 13.8. The van der Waals surface area contributed by atoms with Gasteiger partial charge in [0.2, 0.25) is 0 Å². The van der Waals surface area contributed by atoms with Gasteiger partial charge in [-0.05, 0) is 61.9 Å². The Morgan fingerprint density at radius 1 is 1.42 bits per heavy atom. The van der Waals surface area contributed by atoms with Gasteiger partial charge in [-0.15, -0.1) is 0 Å². The van der Waals surface area contributed by atoms with Gasteiger partial charge in [0.1, 0.15) is 5.82 Å². The minimum Gasteiger partial charge on any atom is -0.329 e. The highest BCUT2D eigenvalue weighted by atomic mass is 19.1. The lowest BCUT2D eigenvalue weighted by atomic mass is 9.99. The molecule has 0 aliphatic heterocycles. The molecule has 1 aromatic rings. The van der Waals surface area contributed by atoms with Gasteiger partial charge in [0.05, 0.1) is 0 Å². The smallest absolute Gasteiger partial charge is 0.123 e. The van der Waals surface area contributed by atoms with E-state index in [4.69, 9.17) is 5.73 Å². The predicted octanol–water partition coefficient (Wildman–Crippen LogP) is 3.26. The molecule has 106 valence electrons. The highest BCUT2D eigenvalue weighted by Crippen LogP contribution is 2.33. The molecule has 1 fully saturated rings. The molecular formula is C16H25FN2. The molecule has 2 rings (SSSR count). The first-order valence-corrected chi connectivity index (χ1v) is 7.35. The van der Waals surface area contributed by atoms with E-state index < -0.39 is 0 Å². The molecule has 1 aliphatic carbocycles. The summed E-state index contributed by atoms with van der Waals surface area (Å²) in [5.74, 6) is 0.683. The van der Waals surface area contributed by atoms with Gasteiger partial charge in [-0.25, -0.2) is 4.39 Å². The number of halogens is 1. The summed E-state index contributed by atoms with van der Waals surface area (Å²) in [6, 6.07) is 5.28. The first kappa shape index (κ1) is 14.5. The topological polar surface area (TPSA) is 29.3 Å². The molecule has 1 unspecified atom stereocenters. The number of rotatable bonds is 7. The molecule has 3 heteroatoms.